The van der Waals surface area contributed by atoms with E-state index in [1.54, 1.807) is 30.3 Å². The molecular weight excluding hydrogens is 370 g/mol. The molecule has 1 heterocycles. The van der Waals surface area contributed by atoms with Gasteiger partial charge in [0.05, 0.1) is 14.4 Å². The Morgan fingerprint density at radius 1 is 1.37 bits per heavy atom. The van der Waals surface area contributed by atoms with Crippen LogP contribution in [0.5, 0.6) is 0 Å². The molecule has 0 bridgehead atoms. The van der Waals surface area contributed by atoms with Gasteiger partial charge in [-0.15, -0.1) is 11.3 Å². The number of benzene rings is 1. The number of nitrogens with one attached hydrogen (secondary N) is 1. The number of halogens is 2. The monoisotopic (exact) mass is 377 g/mol. The molecule has 7 heteroatoms. The molecule has 1 amide bonds. The Balaban J connectivity index is 2.15. The van der Waals surface area contributed by atoms with Gasteiger partial charge in [0.25, 0.3) is 5.91 Å². The van der Waals surface area contributed by atoms with Crippen LogP contribution < -0.4 is 4.72 Å². The van der Waals surface area contributed by atoms with Gasteiger partial charge in [-0.25, -0.2) is 4.21 Å². The summed E-state index contributed by atoms with van der Waals surface area (Å²) >= 11 is 10.6. The van der Waals surface area contributed by atoms with Crippen molar-refractivity contribution in [2.75, 3.05) is 0 Å². The lowest BCUT2D eigenvalue weighted by Gasteiger charge is -2.05. The zero-order chi connectivity index (χ0) is 14.0. The Morgan fingerprint density at radius 2 is 2.11 bits per heavy atom. The van der Waals surface area contributed by atoms with E-state index in [4.69, 9.17) is 11.6 Å². The maximum Gasteiger partial charge on any atom is 0.264 e. The van der Waals surface area contributed by atoms with Crippen molar-refractivity contribution in [3.8, 4) is 0 Å². The topological polar surface area (TPSA) is 46.2 Å². The Labute approximate surface area is 130 Å². The zero-order valence-electron chi connectivity index (χ0n) is 9.78. The third-order valence-electron chi connectivity index (χ3n) is 2.29. The molecule has 1 aromatic carbocycles. The van der Waals surface area contributed by atoms with Crippen LogP contribution in [0.15, 0.2) is 38.3 Å². The van der Waals surface area contributed by atoms with E-state index in [1.165, 1.54) is 11.3 Å². The Bertz CT molecular complexity index is 657. The fraction of sp³-hybridized carbons (Fsp3) is 0.0833. The molecular formula is C12H9BrClNO2S2. The lowest BCUT2D eigenvalue weighted by atomic mass is 10.1. The van der Waals surface area contributed by atoms with Crippen LogP contribution in [-0.4, -0.2) is 10.1 Å². The number of hydrogen-bond acceptors (Lipinski definition) is 3. The Kier molecular flexibility index (Phi) is 4.78. The molecule has 1 unspecified atom stereocenters. The van der Waals surface area contributed by atoms with Gasteiger partial charge in [0.2, 0.25) is 0 Å². The molecule has 1 atom stereocenters. The summed E-state index contributed by atoms with van der Waals surface area (Å²) in [5.74, 6) is -0.451. The van der Waals surface area contributed by atoms with Gasteiger partial charge in [-0.05, 0) is 52.7 Å². The van der Waals surface area contributed by atoms with E-state index in [1.807, 2.05) is 6.92 Å². The van der Waals surface area contributed by atoms with Crippen molar-refractivity contribution >= 4 is 55.8 Å². The summed E-state index contributed by atoms with van der Waals surface area (Å²) in [6.07, 6.45) is 0. The van der Waals surface area contributed by atoms with Crippen LogP contribution in [0.1, 0.15) is 15.9 Å². The van der Waals surface area contributed by atoms with Gasteiger partial charge in [0, 0.05) is 0 Å². The van der Waals surface area contributed by atoms with Crippen molar-refractivity contribution in [1.29, 1.82) is 0 Å². The first kappa shape index (κ1) is 14.7. The maximum absolute atomic E-state index is 12.0. The molecule has 1 N–H and O–H groups in total. The summed E-state index contributed by atoms with van der Waals surface area (Å²) in [4.78, 5) is 12.0. The van der Waals surface area contributed by atoms with Crippen LogP contribution in [0.25, 0.3) is 0 Å². The second-order valence-electron chi connectivity index (χ2n) is 3.74. The van der Waals surface area contributed by atoms with E-state index in [9.17, 15) is 9.00 Å². The quantitative estimate of drug-likeness (QED) is 0.879. The van der Waals surface area contributed by atoms with Crippen molar-refractivity contribution in [3.05, 3.63) is 50.3 Å². The van der Waals surface area contributed by atoms with Gasteiger partial charge in [-0.3, -0.25) is 9.52 Å². The number of thiophene rings is 1. The summed E-state index contributed by atoms with van der Waals surface area (Å²) in [7, 11) is -1.58. The van der Waals surface area contributed by atoms with E-state index in [0.29, 0.717) is 14.8 Å². The number of hydrogen-bond donors (Lipinski definition) is 1. The number of carbonyl (C=O) groups is 1. The molecule has 100 valence electrons. The van der Waals surface area contributed by atoms with Crippen molar-refractivity contribution in [3.63, 3.8) is 0 Å². The molecule has 2 aromatic rings. The highest BCUT2D eigenvalue weighted by Gasteiger charge is 2.15. The average Bonchev–Trinajstić information content (AvgIpc) is 2.75. The van der Waals surface area contributed by atoms with Crippen molar-refractivity contribution in [2.24, 2.45) is 0 Å². The molecule has 3 nitrogen and oxygen atoms in total. The third kappa shape index (κ3) is 3.66. The first-order valence-corrected chi connectivity index (χ1v) is 8.35. The highest BCUT2D eigenvalue weighted by atomic mass is 79.9. The molecule has 0 aliphatic rings. The van der Waals surface area contributed by atoms with Crippen molar-refractivity contribution < 1.29 is 9.00 Å². The summed E-state index contributed by atoms with van der Waals surface area (Å²) in [5.41, 5.74) is 1.28. The maximum atomic E-state index is 12.0. The predicted molar refractivity (Wildman–Crippen MR) is 82.1 cm³/mol. The van der Waals surface area contributed by atoms with E-state index >= 15 is 0 Å². The van der Waals surface area contributed by atoms with E-state index in [2.05, 4.69) is 20.7 Å². The van der Waals surface area contributed by atoms with E-state index in [0.717, 1.165) is 9.35 Å². The number of aryl methyl sites for hydroxylation is 1. The molecule has 0 saturated carbocycles. The van der Waals surface area contributed by atoms with Crippen LogP contribution in [0.4, 0.5) is 0 Å². The largest absolute Gasteiger partial charge is 0.268 e. The second-order valence-corrected chi connectivity index (χ2v) is 8.05. The molecule has 0 saturated heterocycles. The van der Waals surface area contributed by atoms with Crippen molar-refractivity contribution in [1.82, 2.24) is 4.72 Å². The van der Waals surface area contributed by atoms with Gasteiger partial charge >= 0.3 is 0 Å². The number of amides is 1. The average molecular weight is 379 g/mol. The molecule has 2 rings (SSSR count). The number of carbonyl (C=O) groups excluding carboxylic acids is 1. The van der Waals surface area contributed by atoms with Crippen LogP contribution in [0.2, 0.25) is 5.02 Å². The van der Waals surface area contributed by atoms with Gasteiger partial charge < -0.3 is 0 Å². The summed E-state index contributed by atoms with van der Waals surface area (Å²) in [6, 6.07) is 8.58. The molecule has 0 aliphatic carbocycles. The molecule has 0 fully saturated rings. The Hall–Kier alpha value is -0.690. The molecule has 0 radical (unpaired) electrons. The van der Waals surface area contributed by atoms with Gasteiger partial charge in [-0.2, -0.15) is 0 Å². The fourth-order valence-corrected chi connectivity index (χ4v) is 4.42. The Morgan fingerprint density at radius 3 is 2.68 bits per heavy atom. The number of rotatable bonds is 3. The third-order valence-corrected chi connectivity index (χ3v) is 5.59. The molecule has 0 spiro atoms. The van der Waals surface area contributed by atoms with Crippen molar-refractivity contribution in [2.45, 2.75) is 11.1 Å². The molecule has 1 aromatic heterocycles. The zero-order valence-corrected chi connectivity index (χ0v) is 13.8. The van der Waals surface area contributed by atoms with Gasteiger partial charge in [0.1, 0.15) is 4.21 Å². The normalized spacial score (nSPS) is 12.2. The minimum Gasteiger partial charge on any atom is -0.268 e. The highest BCUT2D eigenvalue weighted by Crippen LogP contribution is 2.24. The van der Waals surface area contributed by atoms with Crippen LogP contribution in [0, 0.1) is 6.92 Å². The lowest BCUT2D eigenvalue weighted by molar-refractivity contribution is 0.0983. The van der Waals surface area contributed by atoms with Crippen LogP contribution in [0.3, 0.4) is 0 Å². The standard InChI is InChI=1S/C12H9BrClNO2S2/c1-7-2-3-8(9(14)6-7)12(16)15-19(17)11-5-4-10(13)18-11/h2-6H,1H3,(H,15,16). The van der Waals surface area contributed by atoms with Crippen LogP contribution in [-0.2, 0) is 11.0 Å². The molecule has 0 aliphatic heterocycles. The summed E-state index contributed by atoms with van der Waals surface area (Å²) in [6.45, 7) is 1.88. The van der Waals surface area contributed by atoms with Gasteiger partial charge in [-0.1, -0.05) is 17.7 Å². The minimum atomic E-state index is -1.58. The lowest BCUT2D eigenvalue weighted by Crippen LogP contribution is -2.25. The smallest absolute Gasteiger partial charge is 0.264 e. The van der Waals surface area contributed by atoms with E-state index < -0.39 is 16.9 Å². The second kappa shape index (κ2) is 6.17. The van der Waals surface area contributed by atoms with Crippen LogP contribution >= 0.6 is 38.9 Å². The summed E-state index contributed by atoms with van der Waals surface area (Å²) < 4.78 is 15.8. The first-order chi connectivity index (χ1) is 8.97. The fourth-order valence-electron chi connectivity index (χ4n) is 1.39. The SMILES string of the molecule is Cc1ccc(C(=O)NS(=O)c2ccc(Br)s2)c(Cl)c1. The molecule has 19 heavy (non-hydrogen) atoms. The van der Waals surface area contributed by atoms with E-state index in [-0.39, 0.29) is 0 Å². The summed E-state index contributed by atoms with van der Waals surface area (Å²) in [5, 5.41) is 0.349. The first-order valence-electron chi connectivity index (χ1n) is 5.21. The van der Waals surface area contributed by atoms with Gasteiger partial charge in [0.15, 0.2) is 11.0 Å². The highest BCUT2D eigenvalue weighted by molar-refractivity contribution is 9.11. The predicted octanol–water partition coefficient (Wildman–Crippen LogP) is 3.93. The minimum absolute atomic E-state index is 0.316.